The molecule has 0 aromatic heterocycles. The van der Waals surface area contributed by atoms with Crippen LogP contribution >= 0.6 is 0 Å². The Hall–Kier alpha value is -2.04. The predicted molar refractivity (Wildman–Crippen MR) is 71.3 cm³/mol. The number of hydrogen-bond donors (Lipinski definition) is 1. The molecule has 1 saturated carbocycles. The number of amides is 1. The van der Waals surface area contributed by atoms with Crippen molar-refractivity contribution in [2.45, 2.75) is 31.3 Å². The van der Waals surface area contributed by atoms with Crippen molar-refractivity contribution in [2.24, 2.45) is 5.92 Å². The average molecular weight is 275 g/mol. The number of carbonyl (C=O) groups is 2. The van der Waals surface area contributed by atoms with Gasteiger partial charge in [-0.25, -0.2) is 0 Å². The minimum atomic E-state index is -0.908. The second-order valence-electron chi connectivity index (χ2n) is 5.40. The van der Waals surface area contributed by atoms with Gasteiger partial charge in [0.2, 0.25) is 5.91 Å². The Morgan fingerprint density at radius 3 is 2.75 bits per heavy atom. The quantitative estimate of drug-likeness (QED) is 0.910. The lowest BCUT2D eigenvalue weighted by Gasteiger charge is -2.27. The third kappa shape index (κ3) is 2.13. The smallest absolute Gasteiger partial charge is 0.309 e. The van der Waals surface area contributed by atoms with E-state index in [-0.39, 0.29) is 24.4 Å². The van der Waals surface area contributed by atoms with Gasteiger partial charge >= 0.3 is 5.97 Å². The summed E-state index contributed by atoms with van der Waals surface area (Å²) in [5, 5.41) is 9.40. The van der Waals surface area contributed by atoms with E-state index in [1.807, 2.05) is 24.3 Å². The van der Waals surface area contributed by atoms with E-state index >= 15 is 0 Å². The van der Waals surface area contributed by atoms with E-state index in [2.05, 4.69) is 0 Å². The van der Waals surface area contributed by atoms with Crippen LogP contribution in [0, 0.1) is 5.92 Å². The number of aliphatic carboxylic acids is 1. The van der Waals surface area contributed by atoms with E-state index in [0.29, 0.717) is 5.75 Å². The molecule has 20 heavy (non-hydrogen) atoms. The maximum Gasteiger partial charge on any atom is 0.309 e. The normalized spacial score (nSPS) is 25.9. The molecule has 1 amide bonds. The molecule has 106 valence electrons. The van der Waals surface area contributed by atoms with Gasteiger partial charge in [-0.1, -0.05) is 12.1 Å². The molecule has 0 spiro atoms. The molecule has 1 heterocycles. The molecule has 5 heteroatoms. The van der Waals surface area contributed by atoms with Gasteiger partial charge in [0.15, 0.2) is 0 Å². The zero-order valence-corrected chi connectivity index (χ0v) is 11.3. The zero-order valence-electron chi connectivity index (χ0n) is 11.3. The molecular weight excluding hydrogens is 258 g/mol. The van der Waals surface area contributed by atoms with Crippen LogP contribution in [0.2, 0.25) is 0 Å². The van der Waals surface area contributed by atoms with Crippen molar-refractivity contribution >= 4 is 11.9 Å². The highest BCUT2D eigenvalue weighted by Gasteiger charge is 2.49. The van der Waals surface area contributed by atoms with E-state index in [4.69, 9.17) is 4.74 Å². The van der Waals surface area contributed by atoms with E-state index in [1.165, 1.54) is 0 Å². The highest BCUT2D eigenvalue weighted by Crippen LogP contribution is 2.45. The second kappa shape index (κ2) is 4.81. The number of likely N-dealkylation sites (tertiary alicyclic amines) is 1. The summed E-state index contributed by atoms with van der Waals surface area (Å²) in [5.74, 6) is -0.945. The van der Waals surface area contributed by atoms with Crippen LogP contribution in [0.3, 0.4) is 0 Å². The molecule has 1 aromatic carbocycles. The van der Waals surface area contributed by atoms with Gasteiger partial charge in [-0.2, -0.15) is 0 Å². The first-order valence-corrected chi connectivity index (χ1v) is 6.79. The van der Waals surface area contributed by atoms with Gasteiger partial charge in [0, 0.05) is 12.5 Å². The molecule has 2 atom stereocenters. The monoisotopic (exact) mass is 275 g/mol. The van der Waals surface area contributed by atoms with Crippen LogP contribution in [0.15, 0.2) is 24.3 Å². The van der Waals surface area contributed by atoms with Gasteiger partial charge in [-0.3, -0.25) is 9.59 Å². The Morgan fingerprint density at radius 1 is 1.40 bits per heavy atom. The SMILES string of the molecule is COc1cccc([C@@H]2[C@@H](C(=O)O)CC(=O)N2C2CC2)c1. The summed E-state index contributed by atoms with van der Waals surface area (Å²) < 4.78 is 5.20. The summed E-state index contributed by atoms with van der Waals surface area (Å²) in [6.45, 7) is 0. The first kappa shape index (κ1) is 13.0. The first-order chi connectivity index (χ1) is 9.61. The molecule has 0 radical (unpaired) electrons. The first-order valence-electron chi connectivity index (χ1n) is 6.79. The van der Waals surface area contributed by atoms with E-state index in [1.54, 1.807) is 12.0 Å². The van der Waals surface area contributed by atoms with E-state index in [0.717, 1.165) is 18.4 Å². The highest BCUT2D eigenvalue weighted by atomic mass is 16.5. The van der Waals surface area contributed by atoms with Crippen molar-refractivity contribution in [1.29, 1.82) is 0 Å². The minimum absolute atomic E-state index is 0.0484. The number of ether oxygens (including phenoxy) is 1. The fourth-order valence-electron chi connectivity index (χ4n) is 2.98. The molecule has 1 aliphatic carbocycles. The fourth-order valence-corrected chi connectivity index (χ4v) is 2.98. The Kier molecular flexibility index (Phi) is 3.12. The summed E-state index contributed by atoms with van der Waals surface area (Å²) in [6.07, 6.45) is 2.03. The number of methoxy groups -OCH3 is 1. The lowest BCUT2D eigenvalue weighted by molar-refractivity contribution is -0.142. The second-order valence-corrected chi connectivity index (χ2v) is 5.40. The molecule has 1 aromatic rings. The number of carboxylic acids is 1. The molecule has 1 saturated heterocycles. The number of nitrogens with zero attached hydrogens (tertiary/aromatic N) is 1. The number of benzene rings is 1. The Labute approximate surface area is 117 Å². The maximum absolute atomic E-state index is 12.1. The fraction of sp³-hybridized carbons (Fsp3) is 0.467. The summed E-state index contributed by atoms with van der Waals surface area (Å²) in [5.41, 5.74) is 0.842. The zero-order chi connectivity index (χ0) is 14.3. The van der Waals surface area contributed by atoms with Gasteiger partial charge in [0.05, 0.1) is 19.1 Å². The summed E-state index contributed by atoms with van der Waals surface area (Å²) in [7, 11) is 1.58. The van der Waals surface area contributed by atoms with E-state index in [9.17, 15) is 14.7 Å². The standard InChI is InChI=1S/C15H17NO4/c1-20-11-4-2-3-9(7-11)14-12(15(18)19)8-13(17)16(14)10-5-6-10/h2-4,7,10,12,14H,5-6,8H2,1H3,(H,18,19)/t12-,14+/m0/s1. The maximum atomic E-state index is 12.1. The summed E-state index contributed by atoms with van der Waals surface area (Å²) >= 11 is 0. The number of carboxylic acid groups (broad SMARTS) is 1. The molecule has 5 nitrogen and oxygen atoms in total. The van der Waals surface area contributed by atoms with Gasteiger partial charge in [-0.15, -0.1) is 0 Å². The molecule has 0 bridgehead atoms. The van der Waals surface area contributed by atoms with Crippen LogP contribution in [-0.2, 0) is 9.59 Å². The molecule has 2 aliphatic rings. The number of rotatable bonds is 4. The van der Waals surface area contributed by atoms with Crippen LogP contribution in [0.4, 0.5) is 0 Å². The van der Waals surface area contributed by atoms with Crippen LogP contribution in [0.25, 0.3) is 0 Å². The van der Waals surface area contributed by atoms with Gasteiger partial charge in [0.25, 0.3) is 0 Å². The molecule has 1 aliphatic heterocycles. The Balaban J connectivity index is 2.00. The molecule has 1 N–H and O–H groups in total. The van der Waals surface area contributed by atoms with E-state index < -0.39 is 11.9 Å². The molecular formula is C15H17NO4. The molecule has 0 unspecified atom stereocenters. The average Bonchev–Trinajstić information content (AvgIpc) is 3.21. The van der Waals surface area contributed by atoms with Crippen molar-refractivity contribution < 1.29 is 19.4 Å². The molecule has 2 fully saturated rings. The predicted octanol–water partition coefficient (Wildman–Crippen LogP) is 1.83. The number of hydrogen-bond acceptors (Lipinski definition) is 3. The minimum Gasteiger partial charge on any atom is -0.497 e. The van der Waals surface area contributed by atoms with Crippen molar-refractivity contribution in [2.75, 3.05) is 7.11 Å². The van der Waals surface area contributed by atoms with Crippen molar-refractivity contribution in [1.82, 2.24) is 4.90 Å². The Morgan fingerprint density at radius 2 is 2.15 bits per heavy atom. The van der Waals surface area contributed by atoms with Crippen molar-refractivity contribution in [3.05, 3.63) is 29.8 Å². The Bertz CT molecular complexity index is 553. The topological polar surface area (TPSA) is 66.8 Å². The van der Waals surface area contributed by atoms with Crippen molar-refractivity contribution in [3.63, 3.8) is 0 Å². The van der Waals surface area contributed by atoms with Gasteiger partial charge < -0.3 is 14.7 Å². The van der Waals surface area contributed by atoms with Crippen LogP contribution in [0.1, 0.15) is 30.9 Å². The lowest BCUT2D eigenvalue weighted by atomic mass is 9.93. The van der Waals surface area contributed by atoms with Crippen LogP contribution in [-0.4, -0.2) is 35.0 Å². The molecule has 3 rings (SSSR count). The van der Waals surface area contributed by atoms with Gasteiger partial charge in [-0.05, 0) is 30.5 Å². The number of carbonyl (C=O) groups excluding carboxylic acids is 1. The highest BCUT2D eigenvalue weighted by molar-refractivity contribution is 5.87. The third-order valence-electron chi connectivity index (χ3n) is 4.06. The van der Waals surface area contributed by atoms with Gasteiger partial charge in [0.1, 0.15) is 5.75 Å². The third-order valence-corrected chi connectivity index (χ3v) is 4.06. The van der Waals surface area contributed by atoms with Crippen LogP contribution < -0.4 is 4.74 Å². The summed E-state index contributed by atoms with van der Waals surface area (Å²) in [6, 6.07) is 7.19. The van der Waals surface area contributed by atoms with Crippen LogP contribution in [0.5, 0.6) is 5.75 Å². The largest absolute Gasteiger partial charge is 0.497 e. The summed E-state index contributed by atoms with van der Waals surface area (Å²) in [4.78, 5) is 25.4. The lowest BCUT2D eigenvalue weighted by Crippen LogP contribution is -2.32. The van der Waals surface area contributed by atoms with Crippen molar-refractivity contribution in [3.8, 4) is 5.75 Å².